The van der Waals surface area contributed by atoms with E-state index in [2.05, 4.69) is 10.0 Å². The third-order valence-corrected chi connectivity index (χ3v) is 5.23. The average molecular weight is 294 g/mol. The van der Waals surface area contributed by atoms with Gasteiger partial charge in [0.25, 0.3) is 0 Å². The van der Waals surface area contributed by atoms with Crippen LogP contribution in [0.5, 0.6) is 0 Å². The molecule has 0 saturated carbocycles. The molecule has 0 bridgehead atoms. The molecule has 0 saturated heterocycles. The summed E-state index contributed by atoms with van der Waals surface area (Å²) < 4.78 is 26.3. The molecule has 98 valence electrons. The summed E-state index contributed by atoms with van der Waals surface area (Å²) in [5, 5.41) is 4.86. The maximum atomic E-state index is 11.9. The van der Waals surface area contributed by atoms with Crippen molar-refractivity contribution in [3.63, 3.8) is 0 Å². The lowest BCUT2D eigenvalue weighted by molar-refractivity contribution is 0.584. The lowest BCUT2D eigenvalue weighted by atomic mass is 10.4. The molecule has 1 aromatic heterocycles. The third-order valence-electron chi connectivity index (χ3n) is 2.09. The van der Waals surface area contributed by atoms with E-state index in [9.17, 15) is 8.42 Å². The Bertz CT molecular complexity index is 429. The predicted molar refractivity (Wildman–Crippen MR) is 75.3 cm³/mol. The second kappa shape index (κ2) is 7.38. The van der Waals surface area contributed by atoms with Gasteiger partial charge in [-0.2, -0.15) is 11.8 Å². The van der Waals surface area contributed by atoms with Gasteiger partial charge in [0.15, 0.2) is 0 Å². The minimum absolute atomic E-state index is 0.372. The Morgan fingerprint density at radius 3 is 2.88 bits per heavy atom. The smallest absolute Gasteiger partial charge is 0.241 e. The summed E-state index contributed by atoms with van der Waals surface area (Å²) in [6.07, 6.45) is 1.95. The van der Waals surface area contributed by atoms with Crippen molar-refractivity contribution in [2.75, 3.05) is 25.1 Å². The van der Waals surface area contributed by atoms with E-state index in [0.29, 0.717) is 11.4 Å². The molecular formula is C10H18N2O2S3. The fraction of sp³-hybridized carbons (Fsp3) is 0.600. The molecule has 1 aromatic rings. The van der Waals surface area contributed by atoms with Crippen LogP contribution in [0.15, 0.2) is 16.3 Å². The molecule has 0 spiro atoms. The van der Waals surface area contributed by atoms with E-state index < -0.39 is 10.0 Å². The molecule has 0 fully saturated rings. The second-order valence-electron chi connectivity index (χ2n) is 3.42. The number of nitrogens with one attached hydrogen (secondary N) is 2. The highest BCUT2D eigenvalue weighted by atomic mass is 32.2. The van der Waals surface area contributed by atoms with Gasteiger partial charge in [-0.25, -0.2) is 13.1 Å². The van der Waals surface area contributed by atoms with Crippen LogP contribution in [-0.4, -0.2) is 33.5 Å². The van der Waals surface area contributed by atoms with Gasteiger partial charge in [-0.1, -0.05) is 6.92 Å². The van der Waals surface area contributed by atoms with Crippen molar-refractivity contribution in [2.45, 2.75) is 18.4 Å². The Morgan fingerprint density at radius 2 is 2.24 bits per heavy atom. The lowest BCUT2D eigenvalue weighted by Crippen LogP contribution is -2.25. The standard InChI is InChI=1S/C10H18N2O2S3/c1-3-11-7-9-6-10(8-16-9)17(13,14)12-4-5-15-2/h6,8,11-12H,3-5,7H2,1-2H3. The maximum Gasteiger partial charge on any atom is 0.241 e. The molecule has 0 aliphatic carbocycles. The summed E-state index contributed by atoms with van der Waals surface area (Å²) in [6, 6.07) is 1.73. The predicted octanol–water partition coefficient (Wildman–Crippen LogP) is 1.50. The number of hydrogen-bond donors (Lipinski definition) is 2. The van der Waals surface area contributed by atoms with Crippen molar-refractivity contribution in [3.05, 3.63) is 16.3 Å². The van der Waals surface area contributed by atoms with Crippen molar-refractivity contribution in [2.24, 2.45) is 0 Å². The first-order valence-electron chi connectivity index (χ1n) is 5.37. The van der Waals surface area contributed by atoms with E-state index >= 15 is 0 Å². The first-order valence-corrected chi connectivity index (χ1v) is 9.12. The molecule has 1 rings (SSSR count). The van der Waals surface area contributed by atoms with Crippen molar-refractivity contribution in [1.82, 2.24) is 10.0 Å². The molecule has 1 heterocycles. The summed E-state index contributed by atoms with van der Waals surface area (Å²) in [5.41, 5.74) is 0. The van der Waals surface area contributed by atoms with Crippen LogP contribution in [-0.2, 0) is 16.6 Å². The SMILES string of the molecule is CCNCc1cc(S(=O)(=O)NCCSC)cs1. The first-order chi connectivity index (χ1) is 8.10. The summed E-state index contributed by atoms with van der Waals surface area (Å²) in [6.45, 7) is 4.10. The fourth-order valence-electron chi connectivity index (χ4n) is 1.20. The number of rotatable bonds is 8. The molecule has 0 atom stereocenters. The van der Waals surface area contributed by atoms with E-state index in [-0.39, 0.29) is 0 Å². The van der Waals surface area contributed by atoms with E-state index in [1.807, 2.05) is 13.2 Å². The van der Waals surface area contributed by atoms with Crippen LogP contribution in [0.2, 0.25) is 0 Å². The summed E-state index contributed by atoms with van der Waals surface area (Å²) in [7, 11) is -3.32. The molecule has 0 unspecified atom stereocenters. The molecule has 0 aliphatic rings. The summed E-state index contributed by atoms with van der Waals surface area (Å²) in [4.78, 5) is 1.41. The third kappa shape index (κ3) is 4.97. The fourth-order valence-corrected chi connectivity index (χ4v) is 3.92. The molecule has 2 N–H and O–H groups in total. The minimum atomic E-state index is -3.32. The van der Waals surface area contributed by atoms with Crippen LogP contribution in [0.3, 0.4) is 0 Å². The maximum absolute atomic E-state index is 11.9. The topological polar surface area (TPSA) is 58.2 Å². The van der Waals surface area contributed by atoms with Gasteiger partial charge >= 0.3 is 0 Å². The van der Waals surface area contributed by atoms with Gasteiger partial charge in [0, 0.05) is 29.1 Å². The van der Waals surface area contributed by atoms with Crippen LogP contribution < -0.4 is 10.0 Å². The monoisotopic (exact) mass is 294 g/mol. The Morgan fingerprint density at radius 1 is 1.47 bits per heavy atom. The van der Waals surface area contributed by atoms with Crippen molar-refractivity contribution in [3.8, 4) is 0 Å². The van der Waals surface area contributed by atoms with Gasteiger partial charge in [-0.3, -0.25) is 0 Å². The van der Waals surface area contributed by atoms with Crippen molar-refractivity contribution >= 4 is 33.1 Å². The van der Waals surface area contributed by atoms with Crippen LogP contribution in [0, 0.1) is 0 Å². The second-order valence-corrected chi connectivity index (χ2v) is 7.17. The van der Waals surface area contributed by atoms with Crippen molar-refractivity contribution < 1.29 is 8.42 Å². The highest BCUT2D eigenvalue weighted by molar-refractivity contribution is 7.98. The molecule has 0 aromatic carbocycles. The van der Waals surface area contributed by atoms with E-state index in [1.165, 1.54) is 11.3 Å². The molecule has 7 heteroatoms. The molecule has 17 heavy (non-hydrogen) atoms. The van der Waals surface area contributed by atoms with Gasteiger partial charge in [0.2, 0.25) is 10.0 Å². The Kier molecular flexibility index (Phi) is 6.50. The summed E-state index contributed by atoms with van der Waals surface area (Å²) >= 11 is 3.09. The Balaban J connectivity index is 2.61. The largest absolute Gasteiger partial charge is 0.312 e. The minimum Gasteiger partial charge on any atom is -0.312 e. The molecule has 0 amide bonds. The van der Waals surface area contributed by atoms with Crippen LogP contribution in [0.1, 0.15) is 11.8 Å². The van der Waals surface area contributed by atoms with Crippen LogP contribution in [0.4, 0.5) is 0 Å². The zero-order valence-electron chi connectivity index (χ0n) is 10.0. The molecule has 0 aliphatic heterocycles. The molecular weight excluding hydrogens is 276 g/mol. The molecule has 4 nitrogen and oxygen atoms in total. The Labute approximate surface area is 111 Å². The highest BCUT2D eigenvalue weighted by Crippen LogP contribution is 2.18. The number of thiophene rings is 1. The zero-order chi connectivity index (χ0) is 12.7. The van der Waals surface area contributed by atoms with Gasteiger partial charge in [-0.05, 0) is 18.9 Å². The number of sulfonamides is 1. The molecule has 0 radical (unpaired) electrons. The van der Waals surface area contributed by atoms with Crippen LogP contribution >= 0.6 is 23.1 Å². The van der Waals surface area contributed by atoms with Gasteiger partial charge in [0.1, 0.15) is 0 Å². The normalized spacial score (nSPS) is 11.9. The van der Waals surface area contributed by atoms with E-state index in [1.54, 1.807) is 23.2 Å². The van der Waals surface area contributed by atoms with E-state index in [4.69, 9.17) is 0 Å². The summed E-state index contributed by atoms with van der Waals surface area (Å²) in [5.74, 6) is 0.785. The number of thioether (sulfide) groups is 1. The van der Waals surface area contributed by atoms with Crippen LogP contribution in [0.25, 0.3) is 0 Å². The quantitative estimate of drug-likeness (QED) is 0.713. The van der Waals surface area contributed by atoms with Gasteiger partial charge in [0.05, 0.1) is 4.90 Å². The number of hydrogen-bond acceptors (Lipinski definition) is 5. The highest BCUT2D eigenvalue weighted by Gasteiger charge is 2.15. The van der Waals surface area contributed by atoms with Crippen molar-refractivity contribution in [1.29, 1.82) is 0 Å². The van der Waals surface area contributed by atoms with Gasteiger partial charge in [-0.15, -0.1) is 11.3 Å². The Hall–Kier alpha value is -0.0800. The lowest BCUT2D eigenvalue weighted by Gasteiger charge is -2.03. The zero-order valence-corrected chi connectivity index (χ0v) is 12.5. The van der Waals surface area contributed by atoms with E-state index in [0.717, 1.165) is 23.7 Å². The van der Waals surface area contributed by atoms with Gasteiger partial charge < -0.3 is 5.32 Å². The first kappa shape index (κ1) is 15.0. The average Bonchev–Trinajstić information content (AvgIpc) is 2.76.